The fraction of sp³-hybridized carbons (Fsp3) is 0.643. The van der Waals surface area contributed by atoms with Crippen molar-refractivity contribution in [3.8, 4) is 0 Å². The molecule has 21 heavy (non-hydrogen) atoms. The Labute approximate surface area is 130 Å². The van der Waals surface area contributed by atoms with E-state index in [4.69, 9.17) is 0 Å². The van der Waals surface area contributed by atoms with Crippen LogP contribution in [0.3, 0.4) is 0 Å². The van der Waals surface area contributed by atoms with Gasteiger partial charge in [0.25, 0.3) is 0 Å². The van der Waals surface area contributed by atoms with Gasteiger partial charge in [0.1, 0.15) is 0 Å². The van der Waals surface area contributed by atoms with E-state index >= 15 is 0 Å². The summed E-state index contributed by atoms with van der Waals surface area (Å²) < 4.78 is 25.7. The first-order valence-electron chi connectivity index (χ1n) is 7.31. The molecule has 1 fully saturated rings. The highest BCUT2D eigenvalue weighted by Gasteiger charge is 2.31. The van der Waals surface area contributed by atoms with E-state index in [1.165, 1.54) is 4.31 Å². The molecule has 0 unspecified atom stereocenters. The fourth-order valence-electron chi connectivity index (χ4n) is 2.53. The molecule has 5 nitrogen and oxygen atoms in total. The van der Waals surface area contributed by atoms with Gasteiger partial charge in [0, 0.05) is 18.0 Å². The van der Waals surface area contributed by atoms with Crippen LogP contribution in [0, 0.1) is 5.92 Å². The molecule has 0 bridgehead atoms. The lowest BCUT2D eigenvalue weighted by molar-refractivity contribution is -0.126. The largest absolute Gasteiger partial charge is 0.351 e. The Kier molecular flexibility index (Phi) is 5.78. The van der Waals surface area contributed by atoms with Crippen molar-refractivity contribution in [1.29, 1.82) is 0 Å². The van der Waals surface area contributed by atoms with Gasteiger partial charge in [-0.25, -0.2) is 12.7 Å². The van der Waals surface area contributed by atoms with E-state index in [9.17, 15) is 13.2 Å². The van der Waals surface area contributed by atoms with Crippen LogP contribution in [0.25, 0.3) is 0 Å². The summed E-state index contributed by atoms with van der Waals surface area (Å²) in [5.41, 5.74) is 0. The Morgan fingerprint density at radius 3 is 3.00 bits per heavy atom. The van der Waals surface area contributed by atoms with Gasteiger partial charge in [0.15, 0.2) is 0 Å². The topological polar surface area (TPSA) is 66.5 Å². The normalized spacial score (nSPS) is 20.3. The Balaban J connectivity index is 1.89. The minimum Gasteiger partial charge on any atom is -0.351 e. The van der Waals surface area contributed by atoms with Crippen LogP contribution in [0.2, 0.25) is 0 Å². The molecule has 0 spiro atoms. The minimum absolute atomic E-state index is 0.0419. The molecule has 1 aliphatic heterocycles. The molecule has 2 heterocycles. The molecule has 0 saturated carbocycles. The van der Waals surface area contributed by atoms with Gasteiger partial charge in [-0.05, 0) is 30.7 Å². The van der Waals surface area contributed by atoms with Crippen molar-refractivity contribution in [1.82, 2.24) is 9.62 Å². The lowest BCUT2D eigenvalue weighted by Gasteiger charge is -2.31. The van der Waals surface area contributed by atoms with Crippen LogP contribution in [0.5, 0.6) is 0 Å². The molecule has 0 aliphatic carbocycles. The zero-order valence-electron chi connectivity index (χ0n) is 12.2. The summed E-state index contributed by atoms with van der Waals surface area (Å²) in [7, 11) is -3.20. The van der Waals surface area contributed by atoms with Crippen molar-refractivity contribution in [2.75, 3.05) is 18.8 Å². The molecule has 1 aliphatic rings. The molecule has 2 rings (SSSR count). The van der Waals surface area contributed by atoms with Crippen LogP contribution >= 0.6 is 11.3 Å². The summed E-state index contributed by atoms with van der Waals surface area (Å²) in [6.45, 7) is 3.23. The lowest BCUT2D eigenvalue weighted by Crippen LogP contribution is -2.45. The highest BCUT2D eigenvalue weighted by molar-refractivity contribution is 7.89. The van der Waals surface area contributed by atoms with Gasteiger partial charge in [-0.15, -0.1) is 11.3 Å². The van der Waals surface area contributed by atoms with E-state index in [-0.39, 0.29) is 17.6 Å². The second-order valence-corrected chi connectivity index (χ2v) is 8.43. The molecule has 1 amide bonds. The number of carbonyl (C=O) groups is 1. The Morgan fingerprint density at radius 2 is 2.33 bits per heavy atom. The van der Waals surface area contributed by atoms with Crippen LogP contribution in [-0.4, -0.2) is 37.5 Å². The summed E-state index contributed by atoms with van der Waals surface area (Å²) in [4.78, 5) is 13.3. The predicted molar refractivity (Wildman–Crippen MR) is 84.5 cm³/mol. The molecule has 1 N–H and O–H groups in total. The van der Waals surface area contributed by atoms with E-state index < -0.39 is 10.0 Å². The number of hydrogen-bond donors (Lipinski definition) is 1. The third kappa shape index (κ3) is 4.52. The van der Waals surface area contributed by atoms with Crippen molar-refractivity contribution < 1.29 is 13.2 Å². The molecular weight excluding hydrogens is 308 g/mol. The molecule has 7 heteroatoms. The van der Waals surface area contributed by atoms with Gasteiger partial charge in [-0.1, -0.05) is 13.0 Å². The molecule has 0 radical (unpaired) electrons. The first-order chi connectivity index (χ1) is 10.0. The van der Waals surface area contributed by atoms with Gasteiger partial charge >= 0.3 is 0 Å². The number of nitrogens with zero attached hydrogens (tertiary/aromatic N) is 1. The number of thiophene rings is 1. The second kappa shape index (κ2) is 7.38. The fourth-order valence-corrected chi connectivity index (χ4v) is 4.76. The zero-order valence-corrected chi connectivity index (χ0v) is 13.9. The van der Waals surface area contributed by atoms with Crippen molar-refractivity contribution >= 4 is 27.3 Å². The quantitative estimate of drug-likeness (QED) is 0.865. The van der Waals surface area contributed by atoms with E-state index in [0.717, 1.165) is 17.7 Å². The molecular formula is C14H22N2O3S2. The molecule has 1 aromatic rings. The molecule has 1 atom stereocenters. The number of amides is 1. The summed E-state index contributed by atoms with van der Waals surface area (Å²) in [5, 5.41) is 4.88. The Hall–Kier alpha value is -0.920. The highest BCUT2D eigenvalue weighted by atomic mass is 32.2. The van der Waals surface area contributed by atoms with Crippen molar-refractivity contribution in [3.05, 3.63) is 22.4 Å². The first-order valence-corrected chi connectivity index (χ1v) is 9.79. The third-order valence-corrected chi connectivity index (χ3v) is 6.55. The Morgan fingerprint density at radius 1 is 1.52 bits per heavy atom. The van der Waals surface area contributed by atoms with E-state index in [0.29, 0.717) is 26.1 Å². The van der Waals surface area contributed by atoms with Gasteiger partial charge < -0.3 is 5.32 Å². The van der Waals surface area contributed by atoms with Gasteiger partial charge in [-0.2, -0.15) is 0 Å². The average Bonchev–Trinajstić information content (AvgIpc) is 2.98. The molecule has 1 aromatic heterocycles. The highest BCUT2D eigenvalue weighted by Crippen LogP contribution is 2.20. The maximum atomic E-state index is 12.2. The van der Waals surface area contributed by atoms with E-state index in [1.807, 2.05) is 24.4 Å². The smallest absolute Gasteiger partial charge is 0.224 e. The Bertz CT molecular complexity index is 555. The third-order valence-electron chi connectivity index (χ3n) is 3.63. The number of rotatable bonds is 6. The summed E-state index contributed by atoms with van der Waals surface area (Å²) in [6.07, 6.45) is 2.11. The maximum absolute atomic E-state index is 12.2. The first kappa shape index (κ1) is 16.5. The van der Waals surface area contributed by atoms with E-state index in [2.05, 4.69) is 5.32 Å². The zero-order chi connectivity index (χ0) is 15.3. The van der Waals surface area contributed by atoms with Crippen LogP contribution in [-0.2, 0) is 21.4 Å². The van der Waals surface area contributed by atoms with Crippen LogP contribution in [0.4, 0.5) is 0 Å². The molecule has 118 valence electrons. The summed E-state index contributed by atoms with van der Waals surface area (Å²) in [6, 6.07) is 3.93. The summed E-state index contributed by atoms with van der Waals surface area (Å²) >= 11 is 1.60. The summed E-state index contributed by atoms with van der Waals surface area (Å²) in [5.74, 6) is -0.110. The SMILES string of the molecule is CCCS(=O)(=O)N1CCC[C@H](C(=O)NCc2cccs2)C1. The van der Waals surface area contributed by atoms with Crippen molar-refractivity contribution in [3.63, 3.8) is 0 Å². The second-order valence-electron chi connectivity index (χ2n) is 5.31. The van der Waals surface area contributed by atoms with Crippen LogP contribution in [0.15, 0.2) is 17.5 Å². The molecule has 0 aromatic carbocycles. The number of hydrogen-bond acceptors (Lipinski definition) is 4. The van der Waals surface area contributed by atoms with Gasteiger partial charge in [-0.3, -0.25) is 4.79 Å². The van der Waals surface area contributed by atoms with Crippen molar-refractivity contribution in [2.45, 2.75) is 32.7 Å². The van der Waals surface area contributed by atoms with Gasteiger partial charge in [0.2, 0.25) is 15.9 Å². The van der Waals surface area contributed by atoms with E-state index in [1.54, 1.807) is 11.3 Å². The number of sulfonamides is 1. The van der Waals surface area contributed by atoms with Crippen molar-refractivity contribution in [2.24, 2.45) is 5.92 Å². The molecule has 1 saturated heterocycles. The predicted octanol–water partition coefficient (Wildman–Crippen LogP) is 1.82. The van der Waals surface area contributed by atoms with Gasteiger partial charge in [0.05, 0.1) is 18.2 Å². The van der Waals surface area contributed by atoms with Crippen LogP contribution in [0.1, 0.15) is 31.1 Å². The minimum atomic E-state index is -3.20. The van der Waals surface area contributed by atoms with Crippen LogP contribution < -0.4 is 5.32 Å². The monoisotopic (exact) mass is 330 g/mol. The lowest BCUT2D eigenvalue weighted by atomic mass is 9.99. The maximum Gasteiger partial charge on any atom is 0.224 e. The number of carbonyl (C=O) groups excluding carboxylic acids is 1. The average molecular weight is 330 g/mol. The number of piperidine rings is 1. The number of nitrogens with one attached hydrogen (secondary N) is 1. The standard InChI is InChI=1S/C14H22N2O3S2/c1-2-9-21(18,19)16-7-3-5-12(11-16)14(17)15-10-13-6-4-8-20-13/h4,6,8,12H,2-3,5,7,9-11H2,1H3,(H,15,17)/t12-/m0/s1.